The van der Waals surface area contributed by atoms with Crippen molar-refractivity contribution in [2.45, 2.75) is 18.9 Å². The van der Waals surface area contributed by atoms with E-state index in [1.165, 1.54) is 5.56 Å². The lowest BCUT2D eigenvalue weighted by molar-refractivity contribution is 0.0631. The number of anilines is 1. The predicted octanol–water partition coefficient (Wildman–Crippen LogP) is 3.43. The Bertz CT molecular complexity index is 1390. The summed E-state index contributed by atoms with van der Waals surface area (Å²) in [7, 11) is 0. The normalized spacial score (nSPS) is 15.0. The second kappa shape index (κ2) is 12.6. The molecule has 2 aromatic carbocycles. The van der Waals surface area contributed by atoms with Crippen LogP contribution in [0.15, 0.2) is 60.7 Å². The predicted molar refractivity (Wildman–Crippen MR) is 153 cm³/mol. The van der Waals surface area contributed by atoms with Gasteiger partial charge in [-0.2, -0.15) is 0 Å². The zero-order valence-electron chi connectivity index (χ0n) is 21.7. The van der Waals surface area contributed by atoms with Crippen LogP contribution in [0, 0.1) is 0 Å². The first kappa shape index (κ1) is 27.1. The Morgan fingerprint density at radius 1 is 1.05 bits per heavy atom. The van der Waals surface area contributed by atoms with Gasteiger partial charge in [0, 0.05) is 43.3 Å². The van der Waals surface area contributed by atoms with Gasteiger partial charge in [0.15, 0.2) is 5.82 Å². The fourth-order valence-electron chi connectivity index (χ4n) is 4.76. The molecule has 1 saturated heterocycles. The van der Waals surface area contributed by atoms with Gasteiger partial charge >= 0.3 is 0 Å². The van der Waals surface area contributed by atoms with Crippen molar-refractivity contribution in [3.8, 4) is 11.4 Å². The van der Waals surface area contributed by atoms with Crippen LogP contribution in [0.5, 0.6) is 0 Å². The highest BCUT2D eigenvalue weighted by molar-refractivity contribution is 6.30. The Labute approximate surface area is 232 Å². The third-order valence-electron chi connectivity index (χ3n) is 6.98. The Morgan fingerprint density at radius 3 is 2.51 bits per heavy atom. The Hall–Kier alpha value is -3.50. The first-order valence-electron chi connectivity index (χ1n) is 13.2. The number of nitrogens with one attached hydrogen (secondary N) is 2. The van der Waals surface area contributed by atoms with Crippen molar-refractivity contribution in [1.82, 2.24) is 24.8 Å². The molecule has 204 valence electrons. The monoisotopic (exact) mass is 548 g/mol. The highest BCUT2D eigenvalue weighted by atomic mass is 35.5. The van der Waals surface area contributed by atoms with Crippen LogP contribution in [0.2, 0.25) is 5.02 Å². The van der Waals surface area contributed by atoms with Gasteiger partial charge in [0.2, 0.25) is 0 Å². The number of aliphatic hydroxyl groups excluding tert-OH is 2. The summed E-state index contributed by atoms with van der Waals surface area (Å²) in [4.78, 5) is 30.2. The number of amides is 1. The number of aromatic nitrogens is 3. The molecule has 1 aliphatic heterocycles. The van der Waals surface area contributed by atoms with Crippen LogP contribution in [0.3, 0.4) is 0 Å². The van der Waals surface area contributed by atoms with Gasteiger partial charge in [-0.15, -0.1) is 0 Å². The molecule has 4 N–H and O–H groups in total. The lowest BCUT2D eigenvalue weighted by Gasteiger charge is -2.34. The van der Waals surface area contributed by atoms with E-state index in [4.69, 9.17) is 11.6 Å². The molecule has 0 radical (unpaired) electrons. The van der Waals surface area contributed by atoms with Gasteiger partial charge in [0.05, 0.1) is 18.1 Å². The molecule has 10 heteroatoms. The van der Waals surface area contributed by atoms with E-state index in [-0.39, 0.29) is 19.1 Å². The molecule has 0 aliphatic carbocycles. The number of nitrogens with zero attached hydrogens (tertiary/aromatic N) is 4. The van der Waals surface area contributed by atoms with Crippen LogP contribution in [0.1, 0.15) is 22.5 Å². The molecule has 0 spiro atoms. The van der Waals surface area contributed by atoms with E-state index in [0.29, 0.717) is 41.5 Å². The first-order chi connectivity index (χ1) is 19.0. The molecule has 4 aromatic rings. The quantitative estimate of drug-likeness (QED) is 0.240. The van der Waals surface area contributed by atoms with Crippen molar-refractivity contribution in [1.29, 1.82) is 0 Å². The number of aliphatic hydroxyl groups is 2. The van der Waals surface area contributed by atoms with Crippen LogP contribution < -0.4 is 5.32 Å². The number of aromatic amines is 1. The number of hydrogen-bond donors (Lipinski definition) is 4. The Kier molecular flexibility index (Phi) is 8.73. The zero-order valence-corrected chi connectivity index (χ0v) is 22.4. The van der Waals surface area contributed by atoms with Crippen molar-refractivity contribution < 1.29 is 15.0 Å². The van der Waals surface area contributed by atoms with Gasteiger partial charge < -0.3 is 25.4 Å². The average molecular weight is 549 g/mol. The molecule has 1 aliphatic rings. The second-order valence-electron chi connectivity index (χ2n) is 9.79. The molecule has 0 unspecified atom stereocenters. The number of H-pyrrole nitrogens is 1. The highest BCUT2D eigenvalue weighted by Gasteiger charge is 2.24. The summed E-state index contributed by atoms with van der Waals surface area (Å²) in [6.07, 6.45) is 1.13. The average Bonchev–Trinajstić information content (AvgIpc) is 3.42. The van der Waals surface area contributed by atoms with Gasteiger partial charge in [0.25, 0.3) is 5.91 Å². The SMILES string of the molecule is O=C(c1cc2c(NC[C@H](O)CO)nc(-c3ccccc3)nc2[nH]1)N1CCN(CCCc2ccc(Cl)cc2)CC1. The van der Waals surface area contributed by atoms with Crippen molar-refractivity contribution in [3.05, 3.63) is 76.9 Å². The number of carbonyl (C=O) groups excluding carboxylic acids is 1. The Morgan fingerprint density at radius 2 is 1.79 bits per heavy atom. The van der Waals surface area contributed by atoms with E-state index in [9.17, 15) is 15.0 Å². The zero-order chi connectivity index (χ0) is 27.2. The number of aryl methyl sites for hydroxylation is 1. The summed E-state index contributed by atoms with van der Waals surface area (Å²) < 4.78 is 0. The van der Waals surface area contributed by atoms with Gasteiger partial charge in [-0.3, -0.25) is 9.69 Å². The molecule has 0 bridgehead atoms. The highest BCUT2D eigenvalue weighted by Crippen LogP contribution is 2.26. The summed E-state index contributed by atoms with van der Waals surface area (Å²) in [5, 5.41) is 23.6. The number of carbonyl (C=O) groups is 1. The molecule has 0 saturated carbocycles. The van der Waals surface area contributed by atoms with Crippen molar-refractivity contribution in [2.24, 2.45) is 0 Å². The number of benzene rings is 2. The van der Waals surface area contributed by atoms with Crippen molar-refractivity contribution >= 4 is 34.4 Å². The maximum absolute atomic E-state index is 13.4. The molecule has 1 fully saturated rings. The standard InChI is InChI=1S/C29H33ClN6O3/c30-22-10-8-20(9-11-22)5-4-12-35-13-15-36(16-14-35)29(39)25-17-24-27(31-18-23(38)19-37)33-26(34-28(24)32-25)21-6-2-1-3-7-21/h1-3,6-11,17,23,37-38H,4-5,12-16,18-19H2,(H2,31,32,33,34)/t23-/m0/s1. The van der Waals surface area contributed by atoms with Gasteiger partial charge in [-0.25, -0.2) is 9.97 Å². The summed E-state index contributed by atoms with van der Waals surface area (Å²) in [6, 6.07) is 19.3. The van der Waals surface area contributed by atoms with Crippen LogP contribution in [0.25, 0.3) is 22.4 Å². The van der Waals surface area contributed by atoms with E-state index in [2.05, 4.69) is 37.3 Å². The molecule has 5 rings (SSSR count). The topological polar surface area (TPSA) is 118 Å². The number of hydrogen-bond acceptors (Lipinski definition) is 7. The lowest BCUT2D eigenvalue weighted by atomic mass is 10.1. The van der Waals surface area contributed by atoms with Crippen molar-refractivity contribution in [3.63, 3.8) is 0 Å². The minimum absolute atomic E-state index is 0.0728. The van der Waals surface area contributed by atoms with E-state index < -0.39 is 6.10 Å². The maximum Gasteiger partial charge on any atom is 0.270 e. The summed E-state index contributed by atoms with van der Waals surface area (Å²) in [5.41, 5.74) is 3.10. The largest absolute Gasteiger partial charge is 0.394 e. The molecule has 1 atom stereocenters. The molecule has 2 aromatic heterocycles. The van der Waals surface area contributed by atoms with Crippen LogP contribution in [0.4, 0.5) is 5.82 Å². The van der Waals surface area contributed by atoms with Gasteiger partial charge in [-0.1, -0.05) is 54.1 Å². The molecule has 1 amide bonds. The van der Waals surface area contributed by atoms with E-state index >= 15 is 0 Å². The third kappa shape index (κ3) is 6.75. The minimum atomic E-state index is -0.933. The van der Waals surface area contributed by atoms with Gasteiger partial charge in [0.1, 0.15) is 17.2 Å². The summed E-state index contributed by atoms with van der Waals surface area (Å²) >= 11 is 5.98. The molecule has 9 nitrogen and oxygen atoms in total. The molecular formula is C29H33ClN6O3. The number of rotatable bonds is 10. The summed E-state index contributed by atoms with van der Waals surface area (Å²) in [5.74, 6) is 0.917. The molecular weight excluding hydrogens is 516 g/mol. The molecule has 39 heavy (non-hydrogen) atoms. The number of fused-ring (bicyclic) bond motifs is 1. The molecule has 3 heterocycles. The van der Waals surface area contributed by atoms with E-state index in [1.54, 1.807) is 6.07 Å². The minimum Gasteiger partial charge on any atom is -0.394 e. The second-order valence-corrected chi connectivity index (χ2v) is 10.2. The van der Waals surface area contributed by atoms with Crippen LogP contribution >= 0.6 is 11.6 Å². The fraction of sp³-hybridized carbons (Fsp3) is 0.345. The maximum atomic E-state index is 13.4. The van der Waals surface area contributed by atoms with E-state index in [0.717, 1.165) is 43.1 Å². The van der Waals surface area contributed by atoms with Crippen LogP contribution in [-0.4, -0.2) is 92.9 Å². The van der Waals surface area contributed by atoms with Crippen molar-refractivity contribution in [2.75, 3.05) is 51.2 Å². The smallest absolute Gasteiger partial charge is 0.270 e. The first-order valence-corrected chi connectivity index (χ1v) is 13.6. The van der Waals surface area contributed by atoms with Gasteiger partial charge in [-0.05, 0) is 43.1 Å². The third-order valence-corrected chi connectivity index (χ3v) is 7.23. The number of halogens is 1. The lowest BCUT2D eigenvalue weighted by Crippen LogP contribution is -2.49. The number of piperazine rings is 1. The van der Waals surface area contributed by atoms with Crippen LogP contribution in [-0.2, 0) is 6.42 Å². The summed E-state index contributed by atoms with van der Waals surface area (Å²) in [6.45, 7) is 3.71. The van der Waals surface area contributed by atoms with E-state index in [1.807, 2.05) is 47.4 Å². The Balaban J connectivity index is 1.25. The fourth-order valence-corrected chi connectivity index (χ4v) is 4.88.